The number of rotatable bonds is 8. The first-order valence-corrected chi connectivity index (χ1v) is 10.4. The SMILES string of the molecule is CCOc1ccccc1NC(=O)[C@H](OC(=O)c1cc(C)n(CC)c1C)c1ccccc1. The van der Waals surface area contributed by atoms with E-state index in [0.717, 1.165) is 17.9 Å². The van der Waals surface area contributed by atoms with Gasteiger partial charge in [-0.1, -0.05) is 42.5 Å². The van der Waals surface area contributed by atoms with Gasteiger partial charge in [0.05, 0.1) is 17.9 Å². The summed E-state index contributed by atoms with van der Waals surface area (Å²) in [4.78, 5) is 26.2. The monoisotopic (exact) mass is 420 g/mol. The highest BCUT2D eigenvalue weighted by Crippen LogP contribution is 2.28. The normalized spacial score (nSPS) is 11.6. The van der Waals surface area contributed by atoms with E-state index in [-0.39, 0.29) is 0 Å². The summed E-state index contributed by atoms with van der Waals surface area (Å²) in [5, 5.41) is 2.85. The van der Waals surface area contributed by atoms with Crippen LogP contribution in [0.15, 0.2) is 60.7 Å². The smallest absolute Gasteiger partial charge is 0.341 e. The summed E-state index contributed by atoms with van der Waals surface area (Å²) in [5.74, 6) is -0.422. The van der Waals surface area contributed by atoms with Crippen LogP contribution in [0.3, 0.4) is 0 Å². The largest absolute Gasteiger partial charge is 0.492 e. The Labute approximate surface area is 182 Å². The van der Waals surface area contributed by atoms with Crippen LogP contribution < -0.4 is 10.1 Å². The van der Waals surface area contributed by atoms with Gasteiger partial charge >= 0.3 is 5.97 Å². The van der Waals surface area contributed by atoms with Crippen LogP contribution in [-0.4, -0.2) is 23.1 Å². The summed E-state index contributed by atoms with van der Waals surface area (Å²) in [6.45, 7) is 8.94. The molecule has 1 atom stereocenters. The highest BCUT2D eigenvalue weighted by Gasteiger charge is 2.28. The Bertz CT molecular complexity index is 1060. The van der Waals surface area contributed by atoms with Crippen molar-refractivity contribution in [2.24, 2.45) is 0 Å². The van der Waals surface area contributed by atoms with Crippen molar-refractivity contribution in [3.8, 4) is 5.75 Å². The zero-order valence-electron chi connectivity index (χ0n) is 18.3. The summed E-state index contributed by atoms with van der Waals surface area (Å²) in [7, 11) is 0. The molecule has 6 nitrogen and oxygen atoms in total. The number of carbonyl (C=O) groups is 2. The van der Waals surface area contributed by atoms with Gasteiger partial charge in [0.1, 0.15) is 5.75 Å². The number of para-hydroxylation sites is 2. The van der Waals surface area contributed by atoms with Gasteiger partial charge in [0, 0.05) is 23.5 Å². The molecule has 3 rings (SSSR count). The number of esters is 1. The Morgan fingerprint density at radius 3 is 2.32 bits per heavy atom. The van der Waals surface area contributed by atoms with Crippen molar-refractivity contribution in [2.75, 3.05) is 11.9 Å². The molecule has 1 N–H and O–H groups in total. The summed E-state index contributed by atoms with van der Waals surface area (Å²) in [5.41, 5.74) is 3.36. The van der Waals surface area contributed by atoms with E-state index in [0.29, 0.717) is 29.2 Å². The topological polar surface area (TPSA) is 69.6 Å². The van der Waals surface area contributed by atoms with Crippen LogP contribution in [0.2, 0.25) is 0 Å². The Morgan fingerprint density at radius 2 is 1.68 bits per heavy atom. The molecular formula is C25H28N2O4. The zero-order valence-corrected chi connectivity index (χ0v) is 18.3. The highest BCUT2D eigenvalue weighted by atomic mass is 16.5. The van der Waals surface area contributed by atoms with Crippen LogP contribution in [0.25, 0.3) is 0 Å². The molecule has 0 unspecified atom stereocenters. The minimum Gasteiger partial charge on any atom is -0.492 e. The average Bonchev–Trinajstić information content (AvgIpc) is 3.07. The Hall–Kier alpha value is -3.54. The van der Waals surface area contributed by atoms with Crippen LogP contribution in [-0.2, 0) is 16.1 Å². The third kappa shape index (κ3) is 4.97. The Kier molecular flexibility index (Phi) is 7.13. The molecular weight excluding hydrogens is 392 g/mol. The number of anilines is 1. The van der Waals surface area contributed by atoms with E-state index in [1.165, 1.54) is 0 Å². The van der Waals surface area contributed by atoms with E-state index < -0.39 is 18.0 Å². The minimum atomic E-state index is -1.10. The van der Waals surface area contributed by atoms with Gasteiger partial charge in [0.2, 0.25) is 6.10 Å². The summed E-state index contributed by atoms with van der Waals surface area (Å²) in [6.07, 6.45) is -1.10. The lowest BCUT2D eigenvalue weighted by atomic mass is 10.1. The number of nitrogens with one attached hydrogen (secondary N) is 1. The molecule has 1 amide bonds. The predicted octanol–water partition coefficient (Wildman–Crippen LogP) is 5.06. The van der Waals surface area contributed by atoms with Crippen molar-refractivity contribution in [1.82, 2.24) is 4.57 Å². The van der Waals surface area contributed by atoms with Crippen molar-refractivity contribution >= 4 is 17.6 Å². The first-order valence-electron chi connectivity index (χ1n) is 10.4. The molecule has 0 saturated carbocycles. The number of nitrogens with zero attached hydrogens (tertiary/aromatic N) is 1. The molecule has 1 aromatic heterocycles. The number of carbonyl (C=O) groups excluding carboxylic acids is 2. The van der Waals surface area contributed by atoms with Gasteiger partial charge in [-0.2, -0.15) is 0 Å². The number of aromatic nitrogens is 1. The number of benzene rings is 2. The van der Waals surface area contributed by atoms with Crippen LogP contribution in [0.5, 0.6) is 5.75 Å². The number of hydrogen-bond acceptors (Lipinski definition) is 4. The first-order chi connectivity index (χ1) is 15.0. The van der Waals surface area contributed by atoms with Crippen molar-refractivity contribution in [3.63, 3.8) is 0 Å². The maximum atomic E-state index is 13.2. The van der Waals surface area contributed by atoms with Gasteiger partial charge in [-0.15, -0.1) is 0 Å². The number of aryl methyl sites for hydroxylation is 1. The lowest BCUT2D eigenvalue weighted by molar-refractivity contribution is -0.125. The fourth-order valence-electron chi connectivity index (χ4n) is 3.62. The molecule has 0 saturated heterocycles. The van der Waals surface area contributed by atoms with E-state index in [2.05, 4.69) is 5.32 Å². The minimum absolute atomic E-state index is 0.448. The average molecular weight is 421 g/mol. The molecule has 0 aliphatic heterocycles. The van der Waals surface area contributed by atoms with Crippen molar-refractivity contribution in [3.05, 3.63) is 83.2 Å². The maximum absolute atomic E-state index is 13.2. The molecule has 0 bridgehead atoms. The molecule has 1 heterocycles. The highest BCUT2D eigenvalue weighted by molar-refractivity contribution is 5.99. The third-order valence-corrected chi connectivity index (χ3v) is 5.12. The summed E-state index contributed by atoms with van der Waals surface area (Å²) >= 11 is 0. The second-order valence-corrected chi connectivity index (χ2v) is 7.14. The standard InChI is InChI=1S/C25H28N2O4/c1-5-27-17(3)16-20(18(27)4)25(29)31-23(19-12-8-7-9-13-19)24(28)26-21-14-10-11-15-22(21)30-6-2/h7-16,23H,5-6H2,1-4H3,(H,26,28)/t23-/m1/s1. The van der Waals surface area contributed by atoms with Gasteiger partial charge in [0.15, 0.2) is 0 Å². The maximum Gasteiger partial charge on any atom is 0.341 e. The first kappa shape index (κ1) is 22.2. The van der Waals surface area contributed by atoms with E-state index in [9.17, 15) is 9.59 Å². The zero-order chi connectivity index (χ0) is 22.4. The molecule has 0 radical (unpaired) electrons. The summed E-state index contributed by atoms with van der Waals surface area (Å²) in [6, 6.07) is 18.0. The lowest BCUT2D eigenvalue weighted by Gasteiger charge is -2.19. The number of hydrogen-bond donors (Lipinski definition) is 1. The second-order valence-electron chi connectivity index (χ2n) is 7.14. The van der Waals surface area contributed by atoms with Crippen LogP contribution >= 0.6 is 0 Å². The van der Waals surface area contributed by atoms with E-state index >= 15 is 0 Å². The molecule has 0 aliphatic rings. The van der Waals surface area contributed by atoms with Gasteiger partial charge in [0.25, 0.3) is 5.91 Å². The molecule has 6 heteroatoms. The van der Waals surface area contributed by atoms with E-state index in [1.807, 2.05) is 44.4 Å². The summed E-state index contributed by atoms with van der Waals surface area (Å²) < 4.78 is 13.4. The fourth-order valence-corrected chi connectivity index (χ4v) is 3.62. The molecule has 31 heavy (non-hydrogen) atoms. The molecule has 3 aromatic rings. The third-order valence-electron chi connectivity index (χ3n) is 5.12. The molecule has 162 valence electrons. The van der Waals surface area contributed by atoms with E-state index in [1.54, 1.807) is 48.5 Å². The van der Waals surface area contributed by atoms with Crippen molar-refractivity contribution in [2.45, 2.75) is 40.3 Å². The van der Waals surface area contributed by atoms with Crippen LogP contribution in [0.4, 0.5) is 5.69 Å². The van der Waals surface area contributed by atoms with Gasteiger partial charge < -0.3 is 19.4 Å². The quantitative estimate of drug-likeness (QED) is 0.517. The van der Waals surface area contributed by atoms with Gasteiger partial charge in [-0.05, 0) is 45.9 Å². The molecule has 0 aliphatic carbocycles. The van der Waals surface area contributed by atoms with Crippen LogP contribution in [0, 0.1) is 13.8 Å². The lowest BCUT2D eigenvalue weighted by Crippen LogP contribution is -2.26. The number of amides is 1. The predicted molar refractivity (Wildman–Crippen MR) is 120 cm³/mol. The van der Waals surface area contributed by atoms with Gasteiger partial charge in [-0.3, -0.25) is 4.79 Å². The van der Waals surface area contributed by atoms with Crippen molar-refractivity contribution < 1.29 is 19.1 Å². The van der Waals surface area contributed by atoms with Crippen LogP contribution in [0.1, 0.15) is 47.3 Å². The van der Waals surface area contributed by atoms with E-state index in [4.69, 9.17) is 9.47 Å². The second kappa shape index (κ2) is 9.98. The molecule has 0 fully saturated rings. The number of ether oxygens (including phenoxy) is 2. The Balaban J connectivity index is 1.89. The Morgan fingerprint density at radius 1 is 1.00 bits per heavy atom. The molecule has 0 spiro atoms. The van der Waals surface area contributed by atoms with Crippen molar-refractivity contribution in [1.29, 1.82) is 0 Å². The van der Waals surface area contributed by atoms with Gasteiger partial charge in [-0.25, -0.2) is 4.79 Å². The fraction of sp³-hybridized carbons (Fsp3) is 0.280. The molecule has 2 aromatic carbocycles.